The summed E-state index contributed by atoms with van der Waals surface area (Å²) in [5.41, 5.74) is 1.72. The molecule has 0 fully saturated rings. The second kappa shape index (κ2) is 6.40. The highest BCUT2D eigenvalue weighted by atomic mass is 32.2. The van der Waals surface area contributed by atoms with Crippen LogP contribution >= 0.6 is 0 Å². The van der Waals surface area contributed by atoms with Crippen molar-refractivity contribution in [2.45, 2.75) is 25.9 Å². The standard InChI is InChI=1S/C15H20N4O4S/c1-11-4-6-23-14(11)15(20)18-8-12(3-5-17-24(2,21)22)19-10-16-7-13(19)9-18/h4,6-7,10,12,17H,3,5,8-9H2,1-2H3. The van der Waals surface area contributed by atoms with E-state index in [1.165, 1.54) is 6.26 Å². The molecule has 1 atom stereocenters. The number of sulfonamides is 1. The van der Waals surface area contributed by atoms with Gasteiger partial charge in [-0.25, -0.2) is 18.1 Å². The molecule has 0 bridgehead atoms. The van der Waals surface area contributed by atoms with Crippen LogP contribution in [0.5, 0.6) is 0 Å². The Morgan fingerprint density at radius 3 is 2.96 bits per heavy atom. The molecule has 9 heteroatoms. The summed E-state index contributed by atoms with van der Waals surface area (Å²) in [7, 11) is -3.23. The Morgan fingerprint density at radius 2 is 2.29 bits per heavy atom. The number of amides is 1. The fourth-order valence-electron chi connectivity index (χ4n) is 2.92. The average molecular weight is 352 g/mol. The molecular weight excluding hydrogens is 332 g/mol. The van der Waals surface area contributed by atoms with Crippen LogP contribution in [0, 0.1) is 6.92 Å². The molecule has 1 aliphatic rings. The minimum Gasteiger partial charge on any atom is -0.459 e. The van der Waals surface area contributed by atoms with Crippen molar-refractivity contribution in [2.24, 2.45) is 0 Å². The molecule has 1 amide bonds. The first-order chi connectivity index (χ1) is 11.3. The van der Waals surface area contributed by atoms with E-state index in [1.54, 1.807) is 23.5 Å². The number of fused-ring (bicyclic) bond motifs is 1. The molecule has 0 radical (unpaired) electrons. The van der Waals surface area contributed by atoms with Crippen molar-refractivity contribution in [2.75, 3.05) is 19.3 Å². The van der Waals surface area contributed by atoms with Crippen molar-refractivity contribution in [3.63, 3.8) is 0 Å². The number of aryl methyl sites for hydroxylation is 1. The molecule has 0 aromatic carbocycles. The molecule has 3 heterocycles. The second-order valence-electron chi connectivity index (χ2n) is 6.02. The van der Waals surface area contributed by atoms with Crippen LogP contribution in [-0.4, -0.2) is 48.1 Å². The van der Waals surface area contributed by atoms with Crippen LogP contribution in [0.2, 0.25) is 0 Å². The Balaban J connectivity index is 1.76. The van der Waals surface area contributed by atoms with Gasteiger partial charge in [0.1, 0.15) is 0 Å². The largest absolute Gasteiger partial charge is 0.459 e. The van der Waals surface area contributed by atoms with Gasteiger partial charge in [-0.05, 0) is 19.4 Å². The zero-order chi connectivity index (χ0) is 17.3. The highest BCUT2D eigenvalue weighted by Gasteiger charge is 2.30. The number of nitrogens with zero attached hydrogens (tertiary/aromatic N) is 3. The molecule has 2 aromatic heterocycles. The molecule has 0 saturated carbocycles. The average Bonchev–Trinajstić information content (AvgIpc) is 3.13. The number of hydrogen-bond acceptors (Lipinski definition) is 5. The fourth-order valence-corrected chi connectivity index (χ4v) is 3.41. The van der Waals surface area contributed by atoms with E-state index in [9.17, 15) is 13.2 Å². The lowest BCUT2D eigenvalue weighted by molar-refractivity contribution is 0.0641. The molecule has 1 aliphatic heterocycles. The SMILES string of the molecule is Cc1ccoc1C(=O)N1Cc2cncn2C(CCNS(C)(=O)=O)C1. The Labute approximate surface area is 140 Å². The molecule has 1 unspecified atom stereocenters. The minimum absolute atomic E-state index is 0.0373. The van der Waals surface area contributed by atoms with Crippen LogP contribution in [0.3, 0.4) is 0 Å². The lowest BCUT2D eigenvalue weighted by Crippen LogP contribution is -2.41. The van der Waals surface area contributed by atoms with E-state index in [1.807, 2.05) is 11.5 Å². The summed E-state index contributed by atoms with van der Waals surface area (Å²) < 4.78 is 32.3. The normalized spacial score (nSPS) is 17.8. The quantitative estimate of drug-likeness (QED) is 0.863. The maximum Gasteiger partial charge on any atom is 0.290 e. The molecule has 8 nitrogen and oxygen atoms in total. The minimum atomic E-state index is -3.23. The van der Waals surface area contributed by atoms with Gasteiger partial charge in [-0.1, -0.05) is 0 Å². The summed E-state index contributed by atoms with van der Waals surface area (Å²) in [5, 5.41) is 0. The number of imidazole rings is 1. The van der Waals surface area contributed by atoms with Crippen molar-refractivity contribution >= 4 is 15.9 Å². The van der Waals surface area contributed by atoms with E-state index < -0.39 is 10.0 Å². The van der Waals surface area contributed by atoms with Crippen LogP contribution in [0.1, 0.15) is 34.3 Å². The molecular formula is C15H20N4O4S. The van der Waals surface area contributed by atoms with Gasteiger partial charge < -0.3 is 13.9 Å². The van der Waals surface area contributed by atoms with Crippen LogP contribution in [-0.2, 0) is 16.6 Å². The third-order valence-corrected chi connectivity index (χ3v) is 4.84. The molecule has 0 spiro atoms. The van der Waals surface area contributed by atoms with Gasteiger partial charge in [-0.2, -0.15) is 0 Å². The first-order valence-electron chi connectivity index (χ1n) is 7.64. The highest BCUT2D eigenvalue weighted by molar-refractivity contribution is 7.88. The molecule has 0 aliphatic carbocycles. The number of aromatic nitrogens is 2. The number of carbonyl (C=O) groups excluding carboxylic acids is 1. The fraction of sp³-hybridized carbons (Fsp3) is 0.467. The predicted molar refractivity (Wildman–Crippen MR) is 86.9 cm³/mol. The molecule has 3 rings (SSSR count). The van der Waals surface area contributed by atoms with Gasteiger partial charge >= 0.3 is 0 Å². The monoisotopic (exact) mass is 352 g/mol. The van der Waals surface area contributed by atoms with Crippen molar-refractivity contribution in [3.05, 3.63) is 41.9 Å². The van der Waals surface area contributed by atoms with Crippen LogP contribution in [0.4, 0.5) is 0 Å². The molecule has 130 valence electrons. The number of furan rings is 1. The smallest absolute Gasteiger partial charge is 0.290 e. The van der Waals surface area contributed by atoms with E-state index in [2.05, 4.69) is 9.71 Å². The number of hydrogen-bond donors (Lipinski definition) is 1. The van der Waals surface area contributed by atoms with Gasteiger partial charge in [-0.3, -0.25) is 4.79 Å². The van der Waals surface area contributed by atoms with Crippen molar-refractivity contribution in [1.29, 1.82) is 0 Å². The zero-order valence-corrected chi connectivity index (χ0v) is 14.4. The third kappa shape index (κ3) is 3.51. The molecule has 0 saturated heterocycles. The van der Waals surface area contributed by atoms with Crippen LogP contribution in [0.25, 0.3) is 0 Å². The summed E-state index contributed by atoms with van der Waals surface area (Å²) >= 11 is 0. The van der Waals surface area contributed by atoms with Gasteiger partial charge in [0.2, 0.25) is 10.0 Å². The summed E-state index contributed by atoms with van der Waals surface area (Å²) in [6, 6.07) is 1.72. The zero-order valence-electron chi connectivity index (χ0n) is 13.6. The topological polar surface area (TPSA) is 97.4 Å². The van der Waals surface area contributed by atoms with Gasteiger partial charge in [-0.15, -0.1) is 0 Å². The summed E-state index contributed by atoms with van der Waals surface area (Å²) in [6.45, 7) is 3.07. The van der Waals surface area contributed by atoms with Gasteiger partial charge in [0.25, 0.3) is 5.91 Å². The van der Waals surface area contributed by atoms with Gasteiger partial charge in [0.15, 0.2) is 5.76 Å². The Kier molecular flexibility index (Phi) is 4.46. The first-order valence-corrected chi connectivity index (χ1v) is 9.53. The van der Waals surface area contributed by atoms with E-state index in [4.69, 9.17) is 4.42 Å². The lowest BCUT2D eigenvalue weighted by Gasteiger charge is -2.34. The van der Waals surface area contributed by atoms with Crippen molar-refractivity contribution in [1.82, 2.24) is 19.2 Å². The second-order valence-corrected chi connectivity index (χ2v) is 7.85. The molecule has 2 aromatic rings. The number of nitrogens with one attached hydrogen (secondary N) is 1. The Morgan fingerprint density at radius 1 is 1.50 bits per heavy atom. The summed E-state index contributed by atoms with van der Waals surface area (Å²) in [5.74, 6) is 0.182. The molecule has 24 heavy (non-hydrogen) atoms. The van der Waals surface area contributed by atoms with E-state index >= 15 is 0 Å². The lowest BCUT2D eigenvalue weighted by atomic mass is 10.1. The highest BCUT2D eigenvalue weighted by Crippen LogP contribution is 2.25. The van der Waals surface area contributed by atoms with Crippen molar-refractivity contribution in [3.8, 4) is 0 Å². The molecule has 1 N–H and O–H groups in total. The van der Waals surface area contributed by atoms with Crippen LogP contribution in [0.15, 0.2) is 29.3 Å². The summed E-state index contributed by atoms with van der Waals surface area (Å²) in [4.78, 5) is 18.5. The van der Waals surface area contributed by atoms with E-state index in [-0.39, 0.29) is 11.9 Å². The van der Waals surface area contributed by atoms with E-state index in [0.29, 0.717) is 31.8 Å². The van der Waals surface area contributed by atoms with E-state index in [0.717, 1.165) is 17.5 Å². The third-order valence-electron chi connectivity index (χ3n) is 4.11. The Hall–Kier alpha value is -2.13. The maximum absolute atomic E-state index is 12.7. The van der Waals surface area contributed by atoms with Gasteiger partial charge in [0, 0.05) is 24.8 Å². The maximum atomic E-state index is 12.7. The number of carbonyl (C=O) groups is 1. The first kappa shape index (κ1) is 16.7. The number of rotatable bonds is 5. The van der Waals surface area contributed by atoms with Gasteiger partial charge in [0.05, 0.1) is 37.1 Å². The van der Waals surface area contributed by atoms with Crippen molar-refractivity contribution < 1.29 is 17.6 Å². The Bertz CT molecular complexity index is 839. The predicted octanol–water partition coefficient (Wildman–Crippen LogP) is 0.921. The summed E-state index contributed by atoms with van der Waals surface area (Å²) in [6.07, 6.45) is 6.65. The van der Waals surface area contributed by atoms with Crippen LogP contribution < -0.4 is 4.72 Å².